The van der Waals surface area contributed by atoms with E-state index in [0.717, 1.165) is 0 Å². The highest BCUT2D eigenvalue weighted by Crippen LogP contribution is 2.16. The maximum atomic E-state index is 11.8. The number of alkyl halides is 3. The van der Waals surface area contributed by atoms with Gasteiger partial charge in [0, 0.05) is 5.56 Å². The van der Waals surface area contributed by atoms with Crippen molar-refractivity contribution in [3.8, 4) is 5.75 Å². The molecule has 0 saturated carbocycles. The molecule has 0 aliphatic rings. The summed E-state index contributed by atoms with van der Waals surface area (Å²) in [4.78, 5) is 11.4. The van der Waals surface area contributed by atoms with Crippen LogP contribution in [0.25, 0.3) is 0 Å². The summed E-state index contributed by atoms with van der Waals surface area (Å²) in [6, 6.07) is 5.41. The summed E-state index contributed by atoms with van der Waals surface area (Å²) >= 11 is 5.59. The van der Waals surface area contributed by atoms with E-state index >= 15 is 0 Å². The first-order chi connectivity index (χ1) is 7.00. The van der Waals surface area contributed by atoms with Gasteiger partial charge in [-0.2, -0.15) is 8.78 Å². The molecular weight excluding hydrogens is 226 g/mol. The van der Waals surface area contributed by atoms with Gasteiger partial charge in [-0.25, -0.2) is 0 Å². The van der Waals surface area contributed by atoms with E-state index in [2.05, 4.69) is 4.74 Å². The molecule has 0 heterocycles. The molecule has 0 amide bonds. The Morgan fingerprint density at radius 3 is 2.27 bits per heavy atom. The third-order valence-electron chi connectivity index (χ3n) is 1.73. The van der Waals surface area contributed by atoms with Crippen LogP contribution in [0, 0.1) is 0 Å². The first kappa shape index (κ1) is 11.9. The molecule has 1 aromatic rings. The Kier molecular flexibility index (Phi) is 4.03. The van der Waals surface area contributed by atoms with Crippen LogP contribution in [0.4, 0.5) is 8.78 Å². The third kappa shape index (κ3) is 3.47. The molecular formula is C10H9ClF2O2. The van der Waals surface area contributed by atoms with Gasteiger partial charge in [0.05, 0.1) is 5.38 Å². The van der Waals surface area contributed by atoms with E-state index in [1.165, 1.54) is 24.3 Å². The largest absolute Gasteiger partial charge is 0.435 e. The molecule has 0 bridgehead atoms. The van der Waals surface area contributed by atoms with Crippen LogP contribution in [0.2, 0.25) is 0 Å². The van der Waals surface area contributed by atoms with E-state index in [1.54, 1.807) is 6.92 Å². The van der Waals surface area contributed by atoms with Crippen LogP contribution in [-0.2, 0) is 0 Å². The molecule has 1 atom stereocenters. The van der Waals surface area contributed by atoms with Crippen LogP contribution in [0.3, 0.4) is 0 Å². The number of ketones is 1. The van der Waals surface area contributed by atoms with E-state index < -0.39 is 12.0 Å². The van der Waals surface area contributed by atoms with Gasteiger partial charge >= 0.3 is 6.61 Å². The minimum atomic E-state index is -2.86. The normalized spacial score (nSPS) is 12.6. The van der Waals surface area contributed by atoms with Crippen molar-refractivity contribution in [1.29, 1.82) is 0 Å². The number of hydrogen-bond donors (Lipinski definition) is 0. The van der Waals surface area contributed by atoms with Crippen molar-refractivity contribution in [2.75, 3.05) is 0 Å². The van der Waals surface area contributed by atoms with E-state index in [-0.39, 0.29) is 11.5 Å². The number of carbonyl (C=O) groups is 1. The quantitative estimate of drug-likeness (QED) is 0.591. The Morgan fingerprint density at radius 1 is 1.33 bits per heavy atom. The summed E-state index contributed by atoms with van der Waals surface area (Å²) in [7, 11) is 0. The summed E-state index contributed by atoms with van der Waals surface area (Å²) in [6.45, 7) is -1.31. The molecule has 0 N–H and O–H groups in total. The lowest BCUT2D eigenvalue weighted by Gasteiger charge is -2.05. The van der Waals surface area contributed by atoms with Gasteiger partial charge in [0.1, 0.15) is 5.75 Å². The van der Waals surface area contributed by atoms with E-state index in [9.17, 15) is 13.6 Å². The Labute approximate surface area is 90.8 Å². The molecule has 0 aromatic heterocycles. The number of Topliss-reactive ketones (excluding diaryl/α,β-unsaturated/α-hetero) is 1. The lowest BCUT2D eigenvalue weighted by atomic mass is 10.1. The molecule has 1 aromatic carbocycles. The summed E-state index contributed by atoms with van der Waals surface area (Å²) in [5.41, 5.74) is 0.374. The maximum absolute atomic E-state index is 11.8. The van der Waals surface area contributed by atoms with Crippen molar-refractivity contribution >= 4 is 17.4 Å². The zero-order valence-corrected chi connectivity index (χ0v) is 8.67. The van der Waals surface area contributed by atoms with Gasteiger partial charge < -0.3 is 4.74 Å². The van der Waals surface area contributed by atoms with Crippen molar-refractivity contribution < 1.29 is 18.3 Å². The average molecular weight is 235 g/mol. The van der Waals surface area contributed by atoms with Crippen molar-refractivity contribution in [1.82, 2.24) is 0 Å². The second-order valence-electron chi connectivity index (χ2n) is 2.88. The number of hydrogen-bond acceptors (Lipinski definition) is 2. The molecule has 1 rings (SSSR count). The van der Waals surface area contributed by atoms with Crippen LogP contribution in [-0.4, -0.2) is 17.8 Å². The van der Waals surface area contributed by atoms with Crippen molar-refractivity contribution in [2.45, 2.75) is 18.9 Å². The third-order valence-corrected chi connectivity index (χ3v) is 1.92. The molecule has 0 saturated heterocycles. The van der Waals surface area contributed by atoms with Crippen molar-refractivity contribution in [2.24, 2.45) is 0 Å². The molecule has 2 nitrogen and oxygen atoms in total. The van der Waals surface area contributed by atoms with Crippen LogP contribution in [0.5, 0.6) is 5.75 Å². The number of halogens is 3. The van der Waals surface area contributed by atoms with E-state index in [4.69, 9.17) is 11.6 Å². The van der Waals surface area contributed by atoms with Gasteiger partial charge in [-0.1, -0.05) is 0 Å². The SMILES string of the molecule is CC(Cl)C(=O)c1ccc(OC(F)F)cc1. The van der Waals surface area contributed by atoms with Gasteiger partial charge in [-0.3, -0.25) is 4.79 Å². The van der Waals surface area contributed by atoms with Gasteiger partial charge in [0.2, 0.25) is 0 Å². The fourth-order valence-corrected chi connectivity index (χ4v) is 1.16. The Morgan fingerprint density at radius 2 is 1.87 bits per heavy atom. The number of carbonyl (C=O) groups excluding carboxylic acids is 1. The molecule has 5 heteroatoms. The second-order valence-corrected chi connectivity index (χ2v) is 3.54. The molecule has 0 fully saturated rings. The topological polar surface area (TPSA) is 26.3 Å². The van der Waals surface area contributed by atoms with Crippen LogP contribution in [0.1, 0.15) is 17.3 Å². The first-order valence-corrected chi connectivity index (χ1v) is 4.67. The number of benzene rings is 1. The summed E-state index contributed by atoms with van der Waals surface area (Å²) in [5.74, 6) is -0.232. The monoisotopic (exact) mass is 234 g/mol. The predicted molar refractivity (Wildman–Crippen MR) is 52.7 cm³/mol. The summed E-state index contributed by atoms with van der Waals surface area (Å²) in [6.07, 6.45) is 0. The highest BCUT2D eigenvalue weighted by Gasteiger charge is 2.12. The van der Waals surface area contributed by atoms with E-state index in [1.807, 2.05) is 0 Å². The number of rotatable bonds is 4. The standard InChI is InChI=1S/C10H9ClF2O2/c1-6(11)9(14)7-2-4-8(5-3-7)15-10(12)13/h2-6,10H,1H3. The zero-order valence-electron chi connectivity index (χ0n) is 7.91. The van der Waals surface area contributed by atoms with Crippen molar-refractivity contribution in [3.63, 3.8) is 0 Å². The van der Waals surface area contributed by atoms with Crippen LogP contribution in [0.15, 0.2) is 24.3 Å². The highest BCUT2D eigenvalue weighted by atomic mass is 35.5. The zero-order chi connectivity index (χ0) is 11.4. The van der Waals surface area contributed by atoms with Crippen molar-refractivity contribution in [3.05, 3.63) is 29.8 Å². The molecule has 0 aliphatic carbocycles. The molecule has 0 aliphatic heterocycles. The van der Waals surface area contributed by atoms with Crippen LogP contribution >= 0.6 is 11.6 Å². The fourth-order valence-electron chi connectivity index (χ4n) is 1.03. The van der Waals surface area contributed by atoms with Gasteiger partial charge in [-0.05, 0) is 31.2 Å². The molecule has 0 radical (unpaired) electrons. The predicted octanol–water partition coefficient (Wildman–Crippen LogP) is 3.10. The molecule has 82 valence electrons. The molecule has 0 spiro atoms. The highest BCUT2D eigenvalue weighted by molar-refractivity contribution is 6.33. The average Bonchev–Trinajstić information content (AvgIpc) is 2.17. The Hall–Kier alpha value is -1.16. The Bertz CT molecular complexity index is 336. The van der Waals surface area contributed by atoms with Gasteiger partial charge in [0.25, 0.3) is 0 Å². The summed E-state index contributed by atoms with van der Waals surface area (Å²) < 4.78 is 27.7. The molecule has 15 heavy (non-hydrogen) atoms. The van der Waals surface area contributed by atoms with Gasteiger partial charge in [0.15, 0.2) is 5.78 Å². The lowest BCUT2D eigenvalue weighted by Crippen LogP contribution is -2.10. The minimum absolute atomic E-state index is 0.0174. The first-order valence-electron chi connectivity index (χ1n) is 4.24. The van der Waals surface area contributed by atoms with Gasteiger partial charge in [-0.15, -0.1) is 11.6 Å². The molecule has 1 unspecified atom stereocenters. The lowest BCUT2D eigenvalue weighted by molar-refractivity contribution is -0.0498. The fraction of sp³-hybridized carbons (Fsp3) is 0.300. The minimum Gasteiger partial charge on any atom is -0.435 e. The summed E-state index contributed by atoms with van der Waals surface area (Å²) in [5, 5.41) is -0.633. The van der Waals surface area contributed by atoms with E-state index in [0.29, 0.717) is 5.56 Å². The maximum Gasteiger partial charge on any atom is 0.387 e. The smallest absolute Gasteiger partial charge is 0.387 e. The van der Waals surface area contributed by atoms with Crippen LogP contribution < -0.4 is 4.74 Å². The number of ether oxygens (including phenoxy) is 1. The second kappa shape index (κ2) is 5.07. The Balaban J connectivity index is 2.76.